The maximum atomic E-state index is 12.6. The molecule has 1 atom stereocenters. The number of benzene rings is 2. The summed E-state index contributed by atoms with van der Waals surface area (Å²) in [6, 6.07) is 20.6. The molecule has 7 nitrogen and oxygen atoms in total. The summed E-state index contributed by atoms with van der Waals surface area (Å²) in [4.78, 5) is 17.3. The number of nitrogens with zero attached hydrogens (tertiary/aromatic N) is 3. The summed E-state index contributed by atoms with van der Waals surface area (Å²) in [6.07, 6.45) is 1.67. The van der Waals surface area contributed by atoms with Gasteiger partial charge in [-0.1, -0.05) is 0 Å². The number of anilines is 1. The van der Waals surface area contributed by atoms with Crippen LogP contribution in [-0.2, 0) is 0 Å². The highest BCUT2D eigenvalue weighted by Gasteiger charge is 2.27. The number of rotatable bonds is 7. The number of nitrogens with one attached hydrogen (secondary N) is 1. The maximum absolute atomic E-state index is 12.6. The highest BCUT2D eigenvalue weighted by molar-refractivity contribution is 5.94. The average molecular weight is 431 g/mol. The Bertz CT molecular complexity index is 1050. The van der Waals surface area contributed by atoms with Gasteiger partial charge >= 0.3 is 0 Å². The first-order valence-corrected chi connectivity index (χ1v) is 10.6. The van der Waals surface area contributed by atoms with Crippen molar-refractivity contribution in [2.45, 2.75) is 6.04 Å². The molecule has 32 heavy (non-hydrogen) atoms. The lowest BCUT2D eigenvalue weighted by atomic mass is 10.1. The SMILES string of the molecule is COc1ccc(N2CCN(C(CNC(=O)c3ccc(C#N)cc3)c3ccco3)CC2)cc1. The van der Waals surface area contributed by atoms with Crippen LogP contribution in [0.2, 0.25) is 0 Å². The van der Waals surface area contributed by atoms with Crippen LogP contribution in [0.15, 0.2) is 71.3 Å². The summed E-state index contributed by atoms with van der Waals surface area (Å²) in [5.41, 5.74) is 2.24. The van der Waals surface area contributed by atoms with Crippen LogP contribution in [0.4, 0.5) is 5.69 Å². The van der Waals surface area contributed by atoms with E-state index in [2.05, 4.69) is 33.3 Å². The first kappa shape index (κ1) is 21.5. The predicted molar refractivity (Wildman–Crippen MR) is 122 cm³/mol. The quantitative estimate of drug-likeness (QED) is 0.618. The molecule has 1 fully saturated rings. The Kier molecular flexibility index (Phi) is 6.73. The summed E-state index contributed by atoms with van der Waals surface area (Å²) < 4.78 is 10.9. The van der Waals surface area contributed by atoms with Gasteiger partial charge in [-0.2, -0.15) is 5.26 Å². The van der Waals surface area contributed by atoms with Gasteiger partial charge in [0, 0.05) is 44.0 Å². The number of furan rings is 1. The summed E-state index contributed by atoms with van der Waals surface area (Å²) in [5, 5.41) is 12.0. The molecule has 0 spiro atoms. The van der Waals surface area contributed by atoms with Crippen molar-refractivity contribution in [3.8, 4) is 11.8 Å². The Hall–Kier alpha value is -3.76. The van der Waals surface area contributed by atoms with Crippen LogP contribution >= 0.6 is 0 Å². The number of amides is 1. The van der Waals surface area contributed by atoms with E-state index < -0.39 is 0 Å². The predicted octanol–water partition coefficient (Wildman–Crippen LogP) is 3.45. The average Bonchev–Trinajstić information content (AvgIpc) is 3.39. The third-order valence-electron chi connectivity index (χ3n) is 5.80. The molecule has 0 bridgehead atoms. The van der Waals surface area contributed by atoms with Crippen molar-refractivity contribution in [2.75, 3.05) is 44.7 Å². The highest BCUT2D eigenvalue weighted by Crippen LogP contribution is 2.25. The third kappa shape index (κ3) is 4.93. The molecule has 0 aliphatic carbocycles. The summed E-state index contributed by atoms with van der Waals surface area (Å²) in [5.74, 6) is 1.52. The van der Waals surface area contributed by atoms with Crippen LogP contribution in [0, 0.1) is 11.3 Å². The number of nitriles is 1. The molecule has 1 aliphatic heterocycles. The number of hydrogen-bond donors (Lipinski definition) is 1. The van der Waals surface area contributed by atoms with Gasteiger partial charge in [0.15, 0.2) is 0 Å². The Morgan fingerprint density at radius 3 is 2.41 bits per heavy atom. The maximum Gasteiger partial charge on any atom is 0.251 e. The molecule has 2 heterocycles. The van der Waals surface area contributed by atoms with Crippen LogP contribution in [0.25, 0.3) is 0 Å². The van der Waals surface area contributed by atoms with Gasteiger partial charge in [0.2, 0.25) is 0 Å². The van der Waals surface area contributed by atoms with E-state index in [9.17, 15) is 4.79 Å². The zero-order chi connectivity index (χ0) is 22.3. The molecule has 0 saturated carbocycles. The largest absolute Gasteiger partial charge is 0.497 e. The molecule has 4 rings (SSSR count). The van der Waals surface area contributed by atoms with Gasteiger partial charge in [0.1, 0.15) is 11.5 Å². The van der Waals surface area contributed by atoms with E-state index in [1.54, 1.807) is 37.6 Å². The minimum Gasteiger partial charge on any atom is -0.497 e. The van der Waals surface area contributed by atoms with E-state index in [1.165, 1.54) is 5.69 Å². The molecule has 7 heteroatoms. The second kappa shape index (κ2) is 10.0. The molecule has 3 aromatic rings. The van der Waals surface area contributed by atoms with Gasteiger partial charge in [-0.25, -0.2) is 0 Å². The van der Waals surface area contributed by atoms with Crippen molar-refractivity contribution in [1.29, 1.82) is 5.26 Å². The fourth-order valence-corrected chi connectivity index (χ4v) is 3.96. The topological polar surface area (TPSA) is 81.7 Å². The van der Waals surface area contributed by atoms with E-state index in [4.69, 9.17) is 14.4 Å². The van der Waals surface area contributed by atoms with Gasteiger partial charge in [0.05, 0.1) is 31.0 Å². The van der Waals surface area contributed by atoms with E-state index in [0.717, 1.165) is 37.7 Å². The van der Waals surface area contributed by atoms with Crippen molar-refractivity contribution >= 4 is 11.6 Å². The first-order valence-electron chi connectivity index (χ1n) is 10.6. The van der Waals surface area contributed by atoms with Gasteiger partial charge in [-0.3, -0.25) is 9.69 Å². The Labute approximate surface area is 187 Å². The number of piperazine rings is 1. The first-order chi connectivity index (χ1) is 15.7. The monoisotopic (exact) mass is 430 g/mol. The molecule has 164 valence electrons. The lowest BCUT2D eigenvalue weighted by Crippen LogP contribution is -2.49. The summed E-state index contributed by atoms with van der Waals surface area (Å²) >= 11 is 0. The molecule has 1 N–H and O–H groups in total. The molecular weight excluding hydrogens is 404 g/mol. The van der Waals surface area contributed by atoms with Crippen LogP contribution in [0.3, 0.4) is 0 Å². The van der Waals surface area contributed by atoms with Gasteiger partial charge in [-0.05, 0) is 60.7 Å². The molecule has 1 saturated heterocycles. The summed E-state index contributed by atoms with van der Waals surface area (Å²) in [6.45, 7) is 3.91. The number of carbonyl (C=O) groups is 1. The number of ether oxygens (including phenoxy) is 1. The second-order valence-electron chi connectivity index (χ2n) is 7.65. The van der Waals surface area contributed by atoms with E-state index in [0.29, 0.717) is 17.7 Å². The molecular formula is C25H26N4O3. The normalized spacial score (nSPS) is 15.1. The van der Waals surface area contributed by atoms with Crippen molar-refractivity contribution in [1.82, 2.24) is 10.2 Å². The van der Waals surface area contributed by atoms with Gasteiger partial charge in [0.25, 0.3) is 5.91 Å². The molecule has 2 aromatic carbocycles. The number of carbonyl (C=O) groups excluding carboxylic acids is 1. The zero-order valence-corrected chi connectivity index (χ0v) is 18.0. The number of methoxy groups -OCH3 is 1. The molecule has 1 aromatic heterocycles. The molecule has 1 aliphatic rings. The zero-order valence-electron chi connectivity index (χ0n) is 18.0. The lowest BCUT2D eigenvalue weighted by molar-refractivity contribution is 0.0923. The standard InChI is InChI=1S/C25H26N4O3/c1-31-22-10-8-21(9-11-22)28-12-14-29(15-13-28)23(24-3-2-16-32-24)18-27-25(30)20-6-4-19(17-26)5-7-20/h2-11,16,23H,12-15,18H2,1H3,(H,27,30). The smallest absolute Gasteiger partial charge is 0.251 e. The van der Waals surface area contributed by atoms with Crippen molar-refractivity contribution < 1.29 is 13.9 Å². The fourth-order valence-electron chi connectivity index (χ4n) is 3.96. The molecule has 1 unspecified atom stereocenters. The minimum absolute atomic E-state index is 0.0506. The lowest BCUT2D eigenvalue weighted by Gasteiger charge is -2.39. The van der Waals surface area contributed by atoms with E-state index in [1.807, 2.05) is 24.3 Å². The Balaban J connectivity index is 1.39. The molecule has 0 radical (unpaired) electrons. The Morgan fingerprint density at radius 2 is 1.81 bits per heavy atom. The number of hydrogen-bond acceptors (Lipinski definition) is 6. The van der Waals surface area contributed by atoms with Crippen molar-refractivity contribution in [2.24, 2.45) is 0 Å². The van der Waals surface area contributed by atoms with Crippen LogP contribution in [0.1, 0.15) is 27.7 Å². The van der Waals surface area contributed by atoms with Crippen molar-refractivity contribution in [3.05, 3.63) is 83.8 Å². The van der Waals surface area contributed by atoms with Crippen LogP contribution < -0.4 is 15.0 Å². The Morgan fingerprint density at radius 1 is 1.09 bits per heavy atom. The second-order valence-corrected chi connectivity index (χ2v) is 7.65. The third-order valence-corrected chi connectivity index (χ3v) is 5.80. The summed E-state index contributed by atoms with van der Waals surface area (Å²) in [7, 11) is 1.67. The van der Waals surface area contributed by atoms with Crippen LogP contribution in [0.5, 0.6) is 5.75 Å². The van der Waals surface area contributed by atoms with E-state index >= 15 is 0 Å². The van der Waals surface area contributed by atoms with Gasteiger partial charge < -0.3 is 19.4 Å². The van der Waals surface area contributed by atoms with E-state index in [-0.39, 0.29) is 11.9 Å². The van der Waals surface area contributed by atoms with Crippen molar-refractivity contribution in [3.63, 3.8) is 0 Å². The highest BCUT2D eigenvalue weighted by atomic mass is 16.5. The van der Waals surface area contributed by atoms with Gasteiger partial charge in [-0.15, -0.1) is 0 Å². The fraction of sp³-hybridized carbons (Fsp3) is 0.280. The van der Waals surface area contributed by atoms with Crippen LogP contribution in [-0.4, -0.2) is 50.6 Å². The minimum atomic E-state index is -0.164. The molecule has 1 amide bonds.